The first-order chi connectivity index (χ1) is 23.1. The molecule has 0 amide bonds. The minimum absolute atomic E-state index is 0.575. The Balaban J connectivity index is 1.13. The van der Waals surface area contributed by atoms with E-state index in [1.165, 1.54) is 11.1 Å². The zero-order valence-corrected chi connectivity index (χ0v) is 24.9. The molecule has 6 aromatic carbocycles. The molecule has 0 aliphatic heterocycles. The molecular formula is C41H22N6. The second-order valence-electron chi connectivity index (χ2n) is 11.5. The Labute approximate surface area is 270 Å². The fraction of sp³-hybridized carbons (Fsp3) is 0.0244. The van der Waals surface area contributed by atoms with E-state index in [1.54, 1.807) is 0 Å². The van der Waals surface area contributed by atoms with Gasteiger partial charge in [-0.2, -0.15) is 10.5 Å². The van der Waals surface area contributed by atoms with Crippen molar-refractivity contribution in [2.75, 3.05) is 0 Å². The third-order valence-corrected chi connectivity index (χ3v) is 8.81. The first kappa shape index (κ1) is 27.4. The van der Waals surface area contributed by atoms with Crippen molar-refractivity contribution in [3.05, 3.63) is 166 Å². The maximum absolute atomic E-state index is 9.50. The fourth-order valence-corrected chi connectivity index (χ4v) is 6.62. The summed E-state index contributed by atoms with van der Waals surface area (Å²) in [5.74, 6) is 0. The summed E-state index contributed by atoms with van der Waals surface area (Å²) in [6, 6.07) is 44.4. The van der Waals surface area contributed by atoms with Gasteiger partial charge in [0.05, 0.1) is 58.5 Å². The van der Waals surface area contributed by atoms with Crippen LogP contribution in [0.4, 0.5) is 11.4 Å². The first-order valence-corrected chi connectivity index (χ1v) is 15.0. The van der Waals surface area contributed by atoms with Crippen molar-refractivity contribution in [1.29, 1.82) is 10.5 Å². The smallest absolute Gasteiger partial charge is 0.188 e. The SMILES string of the molecule is [C-]#[N+]c1ccc2c(c1)c1cc([N+]#[C-])ccc1n2-c1ccc(Cc2ccc(-n3c4ccc(C#N)cc4c4cc(C#N)ccc43)cc2)cc1. The summed E-state index contributed by atoms with van der Waals surface area (Å²) in [6.07, 6.45) is 0.765. The number of nitrogens with zero attached hydrogens (tertiary/aromatic N) is 6. The minimum Gasteiger partial charge on any atom is -0.309 e. The van der Waals surface area contributed by atoms with E-state index in [9.17, 15) is 10.5 Å². The van der Waals surface area contributed by atoms with Crippen LogP contribution in [-0.4, -0.2) is 9.13 Å². The van der Waals surface area contributed by atoms with E-state index >= 15 is 0 Å². The highest BCUT2D eigenvalue weighted by Crippen LogP contribution is 2.37. The predicted molar refractivity (Wildman–Crippen MR) is 186 cm³/mol. The Bertz CT molecular complexity index is 2400. The van der Waals surface area contributed by atoms with Gasteiger partial charge in [0.1, 0.15) is 0 Å². The monoisotopic (exact) mass is 598 g/mol. The second kappa shape index (κ2) is 10.8. The molecule has 2 heterocycles. The summed E-state index contributed by atoms with van der Waals surface area (Å²) in [7, 11) is 0. The Kier molecular flexibility index (Phi) is 6.30. The summed E-state index contributed by atoms with van der Waals surface area (Å²) >= 11 is 0. The maximum atomic E-state index is 9.50. The van der Waals surface area contributed by atoms with Gasteiger partial charge < -0.3 is 9.13 Å². The molecule has 47 heavy (non-hydrogen) atoms. The Morgan fingerprint density at radius 1 is 0.468 bits per heavy atom. The quantitative estimate of drug-likeness (QED) is 0.189. The van der Waals surface area contributed by atoms with Crippen LogP contribution in [0.1, 0.15) is 22.3 Å². The standard InChI is InChI=1S/C41H22N6/c1-44-30-9-17-40-36(22-30)37-23-31(45-2)10-18-41(37)47(40)33-13-5-27(6-14-33)19-26-3-11-32(12-4-26)46-38-15-7-28(24-42)20-34(38)35-21-29(25-43)8-16-39(35)46/h3-18,20-23H,19H2. The van der Waals surface area contributed by atoms with Crippen molar-refractivity contribution in [3.63, 3.8) is 0 Å². The summed E-state index contributed by atoms with van der Waals surface area (Å²) in [5, 5.41) is 22.8. The van der Waals surface area contributed by atoms with Gasteiger partial charge in [0.2, 0.25) is 0 Å². The second-order valence-corrected chi connectivity index (χ2v) is 11.5. The molecule has 0 aliphatic rings. The molecule has 2 aromatic heterocycles. The van der Waals surface area contributed by atoms with Crippen LogP contribution in [0.3, 0.4) is 0 Å². The van der Waals surface area contributed by atoms with Gasteiger partial charge in [0.15, 0.2) is 11.4 Å². The van der Waals surface area contributed by atoms with Crippen molar-refractivity contribution < 1.29 is 0 Å². The van der Waals surface area contributed by atoms with Gasteiger partial charge in [0.25, 0.3) is 0 Å². The summed E-state index contributed by atoms with van der Waals surface area (Å²) in [6.45, 7) is 15.0. The fourth-order valence-electron chi connectivity index (χ4n) is 6.62. The molecule has 0 N–H and O–H groups in total. The Morgan fingerprint density at radius 3 is 1.19 bits per heavy atom. The normalized spacial score (nSPS) is 11.0. The zero-order valence-electron chi connectivity index (χ0n) is 24.9. The van der Waals surface area contributed by atoms with Crippen LogP contribution in [0.25, 0.3) is 64.7 Å². The number of aromatic nitrogens is 2. The molecule has 216 valence electrons. The van der Waals surface area contributed by atoms with Crippen molar-refractivity contribution >= 4 is 55.0 Å². The third-order valence-electron chi connectivity index (χ3n) is 8.81. The van der Waals surface area contributed by atoms with Gasteiger partial charge in [-0.05, 0) is 113 Å². The lowest BCUT2D eigenvalue weighted by atomic mass is 10.0. The molecule has 0 atom stereocenters. The van der Waals surface area contributed by atoms with Crippen LogP contribution < -0.4 is 0 Å². The molecule has 0 radical (unpaired) electrons. The Hall–Kier alpha value is -7.12. The van der Waals surface area contributed by atoms with Gasteiger partial charge in [-0.1, -0.05) is 36.4 Å². The molecule has 6 nitrogen and oxygen atoms in total. The molecule has 0 saturated heterocycles. The molecule has 0 unspecified atom stereocenters. The molecule has 0 aliphatic carbocycles. The van der Waals surface area contributed by atoms with Gasteiger partial charge in [-0.15, -0.1) is 0 Å². The van der Waals surface area contributed by atoms with E-state index in [1.807, 2.05) is 72.8 Å². The van der Waals surface area contributed by atoms with Crippen molar-refractivity contribution in [1.82, 2.24) is 9.13 Å². The van der Waals surface area contributed by atoms with Gasteiger partial charge in [0, 0.05) is 22.1 Å². The third kappa shape index (κ3) is 4.46. The van der Waals surface area contributed by atoms with Crippen molar-refractivity contribution in [2.24, 2.45) is 0 Å². The number of hydrogen-bond donors (Lipinski definition) is 0. The van der Waals surface area contributed by atoms with Crippen LogP contribution in [0.5, 0.6) is 0 Å². The molecule has 0 fully saturated rings. The van der Waals surface area contributed by atoms with Gasteiger partial charge >= 0.3 is 0 Å². The average molecular weight is 599 g/mol. The number of nitriles is 2. The van der Waals surface area contributed by atoms with E-state index in [-0.39, 0.29) is 0 Å². The molecule has 8 aromatic rings. The predicted octanol–water partition coefficient (Wildman–Crippen LogP) is 10.3. The average Bonchev–Trinajstić information content (AvgIpc) is 3.63. The minimum atomic E-state index is 0.575. The largest absolute Gasteiger partial charge is 0.309 e. The number of benzene rings is 6. The molecular weight excluding hydrogens is 576 g/mol. The lowest BCUT2D eigenvalue weighted by Gasteiger charge is -2.11. The van der Waals surface area contributed by atoms with Gasteiger partial charge in [-0.3, -0.25) is 0 Å². The van der Waals surface area contributed by atoms with Crippen LogP contribution in [-0.2, 0) is 6.42 Å². The topological polar surface area (TPSA) is 66.2 Å². The molecule has 0 bridgehead atoms. The maximum Gasteiger partial charge on any atom is 0.188 e. The van der Waals surface area contributed by atoms with E-state index in [0.717, 1.165) is 61.4 Å². The van der Waals surface area contributed by atoms with E-state index in [0.29, 0.717) is 22.5 Å². The number of fused-ring (bicyclic) bond motifs is 6. The highest BCUT2D eigenvalue weighted by molar-refractivity contribution is 6.12. The lowest BCUT2D eigenvalue weighted by Crippen LogP contribution is -1.96. The molecule has 8 rings (SSSR count). The van der Waals surface area contributed by atoms with Crippen molar-refractivity contribution in [2.45, 2.75) is 6.42 Å². The van der Waals surface area contributed by atoms with E-state index < -0.39 is 0 Å². The van der Waals surface area contributed by atoms with Crippen LogP contribution in [0, 0.1) is 35.8 Å². The van der Waals surface area contributed by atoms with Gasteiger partial charge in [-0.25, -0.2) is 9.69 Å². The Morgan fingerprint density at radius 2 is 0.830 bits per heavy atom. The summed E-state index contributed by atoms with van der Waals surface area (Å²) in [4.78, 5) is 7.24. The summed E-state index contributed by atoms with van der Waals surface area (Å²) < 4.78 is 4.37. The summed E-state index contributed by atoms with van der Waals surface area (Å²) in [5.41, 5.74) is 10.7. The zero-order chi connectivity index (χ0) is 32.1. The van der Waals surface area contributed by atoms with E-state index in [2.05, 4.69) is 79.5 Å². The van der Waals surface area contributed by atoms with E-state index in [4.69, 9.17) is 13.1 Å². The first-order valence-electron chi connectivity index (χ1n) is 15.0. The lowest BCUT2D eigenvalue weighted by molar-refractivity contribution is 1.13. The molecule has 0 spiro atoms. The highest BCUT2D eigenvalue weighted by Gasteiger charge is 2.15. The van der Waals surface area contributed by atoms with Crippen LogP contribution in [0.2, 0.25) is 0 Å². The molecule has 0 saturated carbocycles. The van der Waals surface area contributed by atoms with Crippen molar-refractivity contribution in [3.8, 4) is 23.5 Å². The number of rotatable bonds is 4. The number of hydrogen-bond acceptors (Lipinski definition) is 2. The highest BCUT2D eigenvalue weighted by atomic mass is 15.0. The molecule has 6 heteroatoms. The van der Waals surface area contributed by atoms with Crippen LogP contribution in [0.15, 0.2) is 121 Å². The van der Waals surface area contributed by atoms with Crippen LogP contribution >= 0.6 is 0 Å².